The summed E-state index contributed by atoms with van der Waals surface area (Å²) in [5.41, 5.74) is 1.82. The highest BCUT2D eigenvalue weighted by atomic mass is 16.2. The van der Waals surface area contributed by atoms with E-state index in [-0.39, 0.29) is 5.91 Å². The van der Waals surface area contributed by atoms with Gasteiger partial charge in [-0.25, -0.2) is 4.68 Å². The van der Waals surface area contributed by atoms with Crippen molar-refractivity contribution in [1.82, 2.24) is 25.2 Å². The first-order valence-electron chi connectivity index (χ1n) is 9.20. The number of hydrogen-bond acceptors (Lipinski definition) is 4. The van der Waals surface area contributed by atoms with Crippen molar-refractivity contribution in [3.63, 3.8) is 0 Å². The van der Waals surface area contributed by atoms with Gasteiger partial charge in [0.2, 0.25) is 0 Å². The lowest BCUT2D eigenvalue weighted by Gasteiger charge is -2.31. The maximum Gasteiger partial charge on any atom is 0.273 e. The lowest BCUT2D eigenvalue weighted by atomic mass is 10.1. The van der Waals surface area contributed by atoms with Crippen molar-refractivity contribution in [1.29, 1.82) is 0 Å². The second-order valence-electron chi connectivity index (χ2n) is 7.35. The summed E-state index contributed by atoms with van der Waals surface area (Å²) in [6, 6.07) is 0.675. The van der Waals surface area contributed by atoms with E-state index in [1.807, 2.05) is 10.9 Å². The van der Waals surface area contributed by atoms with Crippen LogP contribution in [0.25, 0.3) is 0 Å². The zero-order chi connectivity index (χ0) is 16.9. The van der Waals surface area contributed by atoms with Gasteiger partial charge in [-0.15, -0.1) is 5.10 Å². The number of likely N-dealkylation sites (tertiary alicyclic amines) is 1. The minimum absolute atomic E-state index is 0.0749. The molecule has 0 radical (unpaired) electrons. The fourth-order valence-electron chi connectivity index (χ4n) is 3.57. The average molecular weight is 331 g/mol. The predicted octanol–water partition coefficient (Wildman–Crippen LogP) is 2.55. The molecule has 1 aliphatic heterocycles. The number of nitrogens with zero attached hydrogens (tertiary/aromatic N) is 4. The summed E-state index contributed by atoms with van der Waals surface area (Å²) in [6.45, 7) is 7.44. The van der Waals surface area contributed by atoms with Crippen LogP contribution in [0.2, 0.25) is 0 Å². The van der Waals surface area contributed by atoms with Crippen molar-refractivity contribution >= 4 is 5.91 Å². The molecule has 2 aliphatic rings. The molecule has 1 amide bonds. The van der Waals surface area contributed by atoms with Crippen molar-refractivity contribution in [2.24, 2.45) is 0 Å². The molecule has 0 spiro atoms. The zero-order valence-corrected chi connectivity index (χ0v) is 14.9. The number of amides is 1. The smallest absolute Gasteiger partial charge is 0.273 e. The van der Waals surface area contributed by atoms with Gasteiger partial charge in [0.25, 0.3) is 5.91 Å². The van der Waals surface area contributed by atoms with Crippen molar-refractivity contribution in [2.45, 2.75) is 64.5 Å². The van der Waals surface area contributed by atoms with Gasteiger partial charge in [0.15, 0.2) is 5.69 Å². The Morgan fingerprint density at radius 1 is 1.25 bits per heavy atom. The Kier molecular flexibility index (Phi) is 5.66. The SMILES string of the molecule is CC(C)=CCN1CCC(n2cc(C(=O)NC3CCCC3)nn2)CC1. The van der Waals surface area contributed by atoms with Gasteiger partial charge in [-0.2, -0.15) is 0 Å². The molecule has 1 aromatic rings. The van der Waals surface area contributed by atoms with Gasteiger partial charge >= 0.3 is 0 Å². The maximum atomic E-state index is 12.3. The molecular weight excluding hydrogens is 302 g/mol. The molecule has 1 aromatic heterocycles. The van der Waals surface area contributed by atoms with Gasteiger partial charge in [-0.3, -0.25) is 9.69 Å². The summed E-state index contributed by atoms with van der Waals surface area (Å²) in [6.07, 6.45) is 10.8. The van der Waals surface area contributed by atoms with Crippen molar-refractivity contribution in [3.8, 4) is 0 Å². The molecule has 1 saturated heterocycles. The molecular formula is C18H29N5O. The third-order valence-electron chi connectivity index (χ3n) is 5.12. The van der Waals surface area contributed by atoms with Crippen LogP contribution >= 0.6 is 0 Å². The van der Waals surface area contributed by atoms with E-state index in [0.29, 0.717) is 17.8 Å². The quantitative estimate of drug-likeness (QED) is 0.842. The summed E-state index contributed by atoms with van der Waals surface area (Å²) in [5.74, 6) is -0.0749. The summed E-state index contributed by atoms with van der Waals surface area (Å²) in [7, 11) is 0. The summed E-state index contributed by atoms with van der Waals surface area (Å²) >= 11 is 0. The highest BCUT2D eigenvalue weighted by Gasteiger charge is 2.23. The van der Waals surface area contributed by atoms with Crippen LogP contribution in [0.5, 0.6) is 0 Å². The molecule has 6 heteroatoms. The van der Waals surface area contributed by atoms with Crippen LogP contribution in [-0.2, 0) is 0 Å². The predicted molar refractivity (Wildman–Crippen MR) is 93.9 cm³/mol. The zero-order valence-electron chi connectivity index (χ0n) is 14.9. The van der Waals surface area contributed by atoms with Crippen LogP contribution in [0.4, 0.5) is 0 Å². The first-order chi connectivity index (χ1) is 11.6. The Balaban J connectivity index is 1.50. The number of carbonyl (C=O) groups is 1. The Labute approximate surface area is 144 Å². The molecule has 0 atom stereocenters. The Bertz CT molecular complexity index is 576. The van der Waals surface area contributed by atoms with Crippen LogP contribution < -0.4 is 5.32 Å². The van der Waals surface area contributed by atoms with Crippen LogP contribution in [0, 0.1) is 0 Å². The molecule has 2 fully saturated rings. The van der Waals surface area contributed by atoms with Gasteiger partial charge in [-0.1, -0.05) is 29.7 Å². The van der Waals surface area contributed by atoms with Gasteiger partial charge < -0.3 is 5.32 Å². The van der Waals surface area contributed by atoms with Crippen molar-refractivity contribution in [3.05, 3.63) is 23.5 Å². The molecule has 24 heavy (non-hydrogen) atoms. The number of hydrogen-bond donors (Lipinski definition) is 1. The topological polar surface area (TPSA) is 63.1 Å². The normalized spacial score (nSPS) is 20.2. The second kappa shape index (κ2) is 7.92. The number of piperidine rings is 1. The number of carbonyl (C=O) groups excluding carboxylic acids is 1. The van der Waals surface area contributed by atoms with E-state index in [0.717, 1.165) is 45.3 Å². The van der Waals surface area contributed by atoms with Gasteiger partial charge in [0.05, 0.1) is 12.2 Å². The molecule has 2 heterocycles. The summed E-state index contributed by atoms with van der Waals surface area (Å²) < 4.78 is 1.89. The molecule has 1 aliphatic carbocycles. The van der Waals surface area contributed by atoms with Crippen LogP contribution in [0.3, 0.4) is 0 Å². The molecule has 0 unspecified atom stereocenters. The van der Waals surface area contributed by atoms with E-state index in [2.05, 4.69) is 40.5 Å². The number of allylic oxidation sites excluding steroid dienone is 1. The van der Waals surface area contributed by atoms with Crippen LogP contribution in [-0.4, -0.2) is 51.5 Å². The van der Waals surface area contributed by atoms with E-state index < -0.39 is 0 Å². The van der Waals surface area contributed by atoms with Gasteiger partial charge in [0.1, 0.15) is 0 Å². The van der Waals surface area contributed by atoms with E-state index >= 15 is 0 Å². The van der Waals surface area contributed by atoms with E-state index in [1.165, 1.54) is 18.4 Å². The molecule has 0 aromatic carbocycles. The highest BCUT2D eigenvalue weighted by Crippen LogP contribution is 2.22. The summed E-state index contributed by atoms with van der Waals surface area (Å²) in [5, 5.41) is 11.4. The van der Waals surface area contributed by atoms with Crippen LogP contribution in [0.1, 0.15) is 68.9 Å². The first kappa shape index (κ1) is 17.1. The molecule has 6 nitrogen and oxygen atoms in total. The Morgan fingerprint density at radius 2 is 1.96 bits per heavy atom. The number of nitrogens with one attached hydrogen (secondary N) is 1. The van der Waals surface area contributed by atoms with Crippen LogP contribution in [0.15, 0.2) is 17.8 Å². The lowest BCUT2D eigenvalue weighted by Crippen LogP contribution is -2.35. The molecule has 132 valence electrons. The van der Waals surface area contributed by atoms with E-state index in [9.17, 15) is 4.79 Å². The second-order valence-corrected chi connectivity index (χ2v) is 7.35. The third kappa shape index (κ3) is 4.44. The molecule has 1 saturated carbocycles. The fourth-order valence-corrected chi connectivity index (χ4v) is 3.57. The number of aromatic nitrogens is 3. The van der Waals surface area contributed by atoms with Gasteiger partial charge in [-0.05, 0) is 39.5 Å². The third-order valence-corrected chi connectivity index (χ3v) is 5.12. The Morgan fingerprint density at radius 3 is 2.62 bits per heavy atom. The van der Waals surface area contributed by atoms with E-state index in [4.69, 9.17) is 0 Å². The molecule has 1 N–H and O–H groups in total. The summed E-state index contributed by atoms with van der Waals surface area (Å²) in [4.78, 5) is 14.7. The Hall–Kier alpha value is -1.69. The average Bonchev–Trinajstić information content (AvgIpc) is 3.25. The standard InChI is InChI=1S/C18H29N5O/c1-14(2)7-10-22-11-8-16(9-12-22)23-13-17(20-21-23)18(24)19-15-5-3-4-6-15/h7,13,15-16H,3-6,8-12H2,1-2H3,(H,19,24). The minimum atomic E-state index is -0.0749. The first-order valence-corrected chi connectivity index (χ1v) is 9.20. The maximum absolute atomic E-state index is 12.3. The largest absolute Gasteiger partial charge is 0.348 e. The van der Waals surface area contributed by atoms with Crippen molar-refractivity contribution < 1.29 is 4.79 Å². The van der Waals surface area contributed by atoms with E-state index in [1.54, 1.807) is 0 Å². The van der Waals surface area contributed by atoms with Crippen molar-refractivity contribution in [2.75, 3.05) is 19.6 Å². The molecule has 3 rings (SSSR count). The molecule has 0 bridgehead atoms. The van der Waals surface area contributed by atoms with Gasteiger partial charge in [0, 0.05) is 25.7 Å². The lowest BCUT2D eigenvalue weighted by molar-refractivity contribution is 0.0932. The fraction of sp³-hybridized carbons (Fsp3) is 0.722. The monoisotopic (exact) mass is 331 g/mol. The highest BCUT2D eigenvalue weighted by molar-refractivity contribution is 5.92. The minimum Gasteiger partial charge on any atom is -0.348 e. The number of rotatable bonds is 5.